The van der Waals surface area contributed by atoms with Gasteiger partial charge >= 0.3 is 0 Å². The molecule has 1 unspecified atom stereocenters. The first-order valence-corrected chi connectivity index (χ1v) is 6.14. The summed E-state index contributed by atoms with van der Waals surface area (Å²) in [5, 5.41) is 1.87. The quantitative estimate of drug-likeness (QED) is 0.867. The first kappa shape index (κ1) is 12.2. The van der Waals surface area contributed by atoms with Gasteiger partial charge in [-0.15, -0.1) is 11.3 Å². The Labute approximate surface area is 103 Å². The van der Waals surface area contributed by atoms with Gasteiger partial charge in [0.05, 0.1) is 6.04 Å². The Morgan fingerprint density at radius 3 is 2.41 bits per heavy atom. The predicted molar refractivity (Wildman–Crippen MR) is 66.2 cm³/mol. The van der Waals surface area contributed by atoms with Crippen molar-refractivity contribution in [2.45, 2.75) is 19.9 Å². The minimum atomic E-state index is -0.741. The number of hydrogen-bond acceptors (Lipinski definition) is 2. The maximum atomic E-state index is 13.9. The van der Waals surface area contributed by atoms with Crippen LogP contribution < -0.4 is 5.73 Å². The molecule has 2 rings (SSSR count). The molecule has 1 aromatic carbocycles. The van der Waals surface area contributed by atoms with Gasteiger partial charge in [-0.1, -0.05) is 6.07 Å². The Hall–Kier alpha value is -1.26. The summed E-state index contributed by atoms with van der Waals surface area (Å²) in [4.78, 5) is 0.799. The average Bonchev–Trinajstić information content (AvgIpc) is 2.70. The molecule has 1 nitrogen and oxygen atoms in total. The van der Waals surface area contributed by atoms with Gasteiger partial charge in [0.15, 0.2) is 0 Å². The van der Waals surface area contributed by atoms with Crippen LogP contribution in [0.3, 0.4) is 0 Å². The van der Waals surface area contributed by atoms with E-state index in [4.69, 9.17) is 5.73 Å². The predicted octanol–water partition coefficient (Wildman–Crippen LogP) is 3.69. The summed E-state index contributed by atoms with van der Waals surface area (Å²) in [6.45, 7) is 3.49. The van der Waals surface area contributed by atoms with E-state index in [0.29, 0.717) is 5.56 Å². The van der Waals surface area contributed by atoms with Crippen LogP contribution in [0.5, 0.6) is 0 Å². The van der Waals surface area contributed by atoms with Crippen molar-refractivity contribution in [3.63, 3.8) is 0 Å². The Kier molecular flexibility index (Phi) is 3.26. The zero-order chi connectivity index (χ0) is 12.6. The summed E-state index contributed by atoms with van der Waals surface area (Å²) in [6, 6.07) is 3.83. The molecule has 0 aliphatic heterocycles. The first-order chi connectivity index (χ1) is 8.02. The molecule has 0 fully saturated rings. The van der Waals surface area contributed by atoms with Crippen molar-refractivity contribution >= 4 is 11.3 Å². The van der Waals surface area contributed by atoms with Crippen LogP contribution in [0.25, 0.3) is 0 Å². The van der Waals surface area contributed by atoms with Gasteiger partial charge in [0.2, 0.25) is 0 Å². The molecule has 0 spiro atoms. The molecule has 1 aromatic heterocycles. The van der Waals surface area contributed by atoms with Crippen molar-refractivity contribution in [1.82, 2.24) is 0 Å². The normalized spacial score (nSPS) is 12.8. The lowest BCUT2D eigenvalue weighted by Gasteiger charge is -2.14. The molecule has 17 heavy (non-hydrogen) atoms. The summed E-state index contributed by atoms with van der Waals surface area (Å²) in [5.41, 5.74) is 7.29. The summed E-state index contributed by atoms with van der Waals surface area (Å²) < 4.78 is 27.6. The van der Waals surface area contributed by atoms with E-state index in [1.54, 1.807) is 6.92 Å². The van der Waals surface area contributed by atoms with Crippen LogP contribution in [-0.2, 0) is 0 Å². The second-order valence-electron chi connectivity index (χ2n) is 4.04. The summed E-state index contributed by atoms with van der Waals surface area (Å²) in [5.74, 6) is -1.14. The molecule has 2 aromatic rings. The van der Waals surface area contributed by atoms with Crippen molar-refractivity contribution in [3.8, 4) is 0 Å². The van der Waals surface area contributed by atoms with Crippen LogP contribution in [0.4, 0.5) is 8.78 Å². The monoisotopic (exact) mass is 253 g/mol. The van der Waals surface area contributed by atoms with Crippen LogP contribution in [0.2, 0.25) is 0 Å². The SMILES string of the molecule is Cc1ccsc1C(N)c1c(F)ccc(C)c1F. The number of thiophene rings is 1. The van der Waals surface area contributed by atoms with E-state index in [1.807, 2.05) is 18.4 Å². The van der Waals surface area contributed by atoms with Crippen LogP contribution in [-0.4, -0.2) is 0 Å². The summed E-state index contributed by atoms with van der Waals surface area (Å²) in [7, 11) is 0. The maximum absolute atomic E-state index is 13.9. The van der Waals surface area contributed by atoms with Gasteiger partial charge in [0.25, 0.3) is 0 Å². The Morgan fingerprint density at radius 2 is 1.82 bits per heavy atom. The van der Waals surface area contributed by atoms with Gasteiger partial charge in [-0.3, -0.25) is 0 Å². The van der Waals surface area contributed by atoms with Gasteiger partial charge < -0.3 is 5.73 Å². The Balaban J connectivity index is 2.55. The number of hydrogen-bond donors (Lipinski definition) is 1. The maximum Gasteiger partial charge on any atom is 0.134 e. The molecule has 0 radical (unpaired) electrons. The second-order valence-corrected chi connectivity index (χ2v) is 4.99. The second kappa shape index (κ2) is 4.55. The van der Waals surface area contributed by atoms with Gasteiger partial charge in [0, 0.05) is 10.4 Å². The van der Waals surface area contributed by atoms with E-state index in [0.717, 1.165) is 10.4 Å². The molecule has 2 N–H and O–H groups in total. The van der Waals surface area contributed by atoms with Crippen molar-refractivity contribution in [3.05, 3.63) is 56.8 Å². The summed E-state index contributed by atoms with van der Waals surface area (Å²) >= 11 is 1.42. The summed E-state index contributed by atoms with van der Waals surface area (Å²) in [6.07, 6.45) is 0. The fourth-order valence-electron chi connectivity index (χ4n) is 1.80. The first-order valence-electron chi connectivity index (χ1n) is 5.26. The van der Waals surface area contributed by atoms with Crippen LogP contribution in [0.15, 0.2) is 23.6 Å². The zero-order valence-corrected chi connectivity index (χ0v) is 10.4. The van der Waals surface area contributed by atoms with Crippen LogP contribution >= 0.6 is 11.3 Å². The van der Waals surface area contributed by atoms with Gasteiger partial charge in [0.1, 0.15) is 11.6 Å². The van der Waals surface area contributed by atoms with E-state index in [9.17, 15) is 8.78 Å². The molecule has 90 valence electrons. The molecule has 0 amide bonds. The highest BCUT2D eigenvalue weighted by Crippen LogP contribution is 2.31. The van der Waals surface area contributed by atoms with E-state index in [1.165, 1.54) is 23.5 Å². The smallest absolute Gasteiger partial charge is 0.134 e. The lowest BCUT2D eigenvalue weighted by Crippen LogP contribution is -2.16. The molecule has 1 heterocycles. The van der Waals surface area contributed by atoms with Gasteiger partial charge in [-0.05, 0) is 42.5 Å². The fraction of sp³-hybridized carbons (Fsp3) is 0.231. The number of aryl methyl sites for hydroxylation is 2. The molecule has 0 saturated heterocycles. The highest BCUT2D eigenvalue weighted by Gasteiger charge is 2.21. The van der Waals surface area contributed by atoms with E-state index in [-0.39, 0.29) is 5.56 Å². The van der Waals surface area contributed by atoms with Crippen molar-refractivity contribution in [2.24, 2.45) is 5.73 Å². The highest BCUT2D eigenvalue weighted by atomic mass is 32.1. The molecule has 0 aliphatic rings. The largest absolute Gasteiger partial charge is 0.319 e. The minimum Gasteiger partial charge on any atom is -0.319 e. The van der Waals surface area contributed by atoms with Crippen molar-refractivity contribution in [1.29, 1.82) is 0 Å². The molecule has 1 atom stereocenters. The van der Waals surface area contributed by atoms with Crippen LogP contribution in [0, 0.1) is 25.5 Å². The standard InChI is InChI=1S/C13H13F2NS/c1-7-3-4-9(14)10(11(7)15)12(16)13-8(2)5-6-17-13/h3-6,12H,16H2,1-2H3. The van der Waals surface area contributed by atoms with Crippen molar-refractivity contribution in [2.75, 3.05) is 0 Å². The van der Waals surface area contributed by atoms with E-state index in [2.05, 4.69) is 0 Å². The number of rotatable bonds is 2. The molecule has 0 saturated carbocycles. The van der Waals surface area contributed by atoms with E-state index < -0.39 is 17.7 Å². The topological polar surface area (TPSA) is 26.0 Å². The molecule has 0 aliphatic carbocycles. The third-order valence-corrected chi connectivity index (χ3v) is 3.92. The van der Waals surface area contributed by atoms with Gasteiger partial charge in [-0.2, -0.15) is 0 Å². The number of benzene rings is 1. The van der Waals surface area contributed by atoms with Crippen LogP contribution in [0.1, 0.15) is 27.6 Å². The Bertz CT molecular complexity index is 548. The number of nitrogens with two attached hydrogens (primary N) is 1. The molecular formula is C13H13F2NS. The molecular weight excluding hydrogens is 240 g/mol. The lowest BCUT2D eigenvalue weighted by atomic mass is 10.0. The minimum absolute atomic E-state index is 0.0458. The van der Waals surface area contributed by atoms with Crippen molar-refractivity contribution < 1.29 is 8.78 Å². The Morgan fingerprint density at radius 1 is 1.12 bits per heavy atom. The molecule has 0 bridgehead atoms. The molecule has 4 heteroatoms. The fourth-order valence-corrected chi connectivity index (χ4v) is 2.73. The lowest BCUT2D eigenvalue weighted by molar-refractivity contribution is 0.539. The average molecular weight is 253 g/mol. The van der Waals surface area contributed by atoms with E-state index >= 15 is 0 Å². The van der Waals surface area contributed by atoms with Gasteiger partial charge in [-0.25, -0.2) is 8.78 Å². The highest BCUT2D eigenvalue weighted by molar-refractivity contribution is 7.10. The zero-order valence-electron chi connectivity index (χ0n) is 9.63. The number of halogens is 2. The third kappa shape index (κ3) is 2.10. The third-order valence-electron chi connectivity index (χ3n) is 2.81.